The van der Waals surface area contributed by atoms with E-state index in [0.717, 1.165) is 37.6 Å². The Labute approximate surface area is 161 Å². The Kier molecular flexibility index (Phi) is 10.4. The average Bonchev–Trinajstić information content (AvgIpc) is 3.37. The Morgan fingerprint density at radius 1 is 1.29 bits per heavy atom. The van der Waals surface area contributed by atoms with Gasteiger partial charge in [-0.15, -0.1) is 24.0 Å². The Balaban J connectivity index is 0.00000288. The molecule has 0 unspecified atom stereocenters. The van der Waals surface area contributed by atoms with Crippen LogP contribution in [-0.2, 0) is 11.2 Å². The van der Waals surface area contributed by atoms with Gasteiger partial charge in [0.15, 0.2) is 5.96 Å². The fourth-order valence-electron chi connectivity index (χ4n) is 2.05. The van der Waals surface area contributed by atoms with Gasteiger partial charge in [0.2, 0.25) is 5.91 Å². The van der Waals surface area contributed by atoms with Gasteiger partial charge in [0, 0.05) is 43.9 Å². The zero-order valence-electron chi connectivity index (χ0n) is 14.3. The van der Waals surface area contributed by atoms with Crippen molar-refractivity contribution in [2.24, 2.45) is 4.99 Å². The highest BCUT2D eigenvalue weighted by atomic mass is 127. The lowest BCUT2D eigenvalue weighted by Gasteiger charge is -2.12. The van der Waals surface area contributed by atoms with Crippen LogP contribution in [0.2, 0.25) is 0 Å². The fraction of sp³-hybridized carbons (Fsp3) is 0.588. The van der Waals surface area contributed by atoms with E-state index in [2.05, 4.69) is 25.9 Å². The highest BCUT2D eigenvalue weighted by molar-refractivity contribution is 14.0. The van der Waals surface area contributed by atoms with Gasteiger partial charge in [0.25, 0.3) is 0 Å². The van der Waals surface area contributed by atoms with E-state index in [-0.39, 0.29) is 29.9 Å². The molecular formula is C17H28IN5O. The van der Waals surface area contributed by atoms with E-state index < -0.39 is 0 Å². The van der Waals surface area contributed by atoms with Gasteiger partial charge < -0.3 is 16.0 Å². The number of nitrogens with one attached hydrogen (secondary N) is 3. The Bertz CT molecular complexity index is 505. The molecule has 1 aromatic heterocycles. The largest absolute Gasteiger partial charge is 0.356 e. The molecule has 6 nitrogen and oxygen atoms in total. The molecule has 0 spiro atoms. The van der Waals surface area contributed by atoms with Gasteiger partial charge in [0.1, 0.15) is 0 Å². The molecular weight excluding hydrogens is 417 g/mol. The number of aliphatic imine (C=N–C) groups is 1. The van der Waals surface area contributed by atoms with Crippen LogP contribution in [0.1, 0.15) is 38.3 Å². The van der Waals surface area contributed by atoms with E-state index in [9.17, 15) is 4.79 Å². The minimum absolute atomic E-state index is 0. The Morgan fingerprint density at radius 3 is 2.79 bits per heavy atom. The molecule has 0 aromatic carbocycles. The maximum Gasteiger partial charge on any atom is 0.221 e. The lowest BCUT2D eigenvalue weighted by molar-refractivity contribution is -0.120. The normalized spacial score (nSPS) is 13.8. The number of rotatable bonds is 9. The topological polar surface area (TPSA) is 78.4 Å². The lowest BCUT2D eigenvalue weighted by atomic mass is 10.3. The third kappa shape index (κ3) is 9.05. The van der Waals surface area contributed by atoms with E-state index >= 15 is 0 Å². The number of aromatic nitrogens is 1. The molecule has 0 saturated heterocycles. The highest BCUT2D eigenvalue weighted by Crippen LogP contribution is 2.18. The van der Waals surface area contributed by atoms with Gasteiger partial charge in [-0.3, -0.25) is 14.8 Å². The summed E-state index contributed by atoms with van der Waals surface area (Å²) in [6.45, 7) is 4.05. The fourth-order valence-corrected chi connectivity index (χ4v) is 2.05. The highest BCUT2D eigenvalue weighted by Gasteiger charge is 2.22. The maximum absolute atomic E-state index is 11.6. The summed E-state index contributed by atoms with van der Waals surface area (Å²) in [6.07, 6.45) is 6.43. The van der Waals surface area contributed by atoms with Gasteiger partial charge in [0.05, 0.1) is 6.54 Å². The van der Waals surface area contributed by atoms with Crippen molar-refractivity contribution in [1.82, 2.24) is 20.9 Å². The van der Waals surface area contributed by atoms with Gasteiger partial charge in [-0.2, -0.15) is 0 Å². The van der Waals surface area contributed by atoms with E-state index in [4.69, 9.17) is 0 Å². The van der Waals surface area contributed by atoms with Crippen molar-refractivity contribution in [1.29, 1.82) is 0 Å². The van der Waals surface area contributed by atoms with Crippen molar-refractivity contribution in [2.75, 3.05) is 19.6 Å². The predicted molar refractivity (Wildman–Crippen MR) is 108 cm³/mol. The average molecular weight is 445 g/mol. The van der Waals surface area contributed by atoms with Crippen LogP contribution in [0.15, 0.2) is 29.4 Å². The van der Waals surface area contributed by atoms with Crippen LogP contribution in [0.5, 0.6) is 0 Å². The van der Waals surface area contributed by atoms with Gasteiger partial charge in [-0.25, -0.2) is 0 Å². The lowest BCUT2D eigenvalue weighted by Crippen LogP contribution is -2.40. The van der Waals surface area contributed by atoms with Crippen LogP contribution < -0.4 is 16.0 Å². The number of nitrogens with zero attached hydrogens (tertiary/aromatic N) is 2. The second-order valence-electron chi connectivity index (χ2n) is 5.75. The molecule has 3 N–H and O–H groups in total. The summed E-state index contributed by atoms with van der Waals surface area (Å²) >= 11 is 0. The van der Waals surface area contributed by atoms with Crippen molar-refractivity contribution in [3.05, 3.63) is 30.1 Å². The first kappa shape index (κ1) is 20.7. The van der Waals surface area contributed by atoms with Crippen molar-refractivity contribution in [2.45, 2.75) is 45.1 Å². The molecule has 1 saturated carbocycles. The second kappa shape index (κ2) is 12.0. The number of carbonyl (C=O) groups is 1. The van der Waals surface area contributed by atoms with Gasteiger partial charge >= 0.3 is 0 Å². The summed E-state index contributed by atoms with van der Waals surface area (Å²) in [5.41, 5.74) is 1.06. The van der Waals surface area contributed by atoms with Crippen LogP contribution in [-0.4, -0.2) is 42.5 Å². The molecule has 0 radical (unpaired) electrons. The Hall–Kier alpha value is -1.38. The number of amides is 1. The number of pyridine rings is 1. The molecule has 0 aliphatic heterocycles. The van der Waals surface area contributed by atoms with Gasteiger partial charge in [-0.1, -0.05) is 13.0 Å². The monoisotopic (exact) mass is 445 g/mol. The molecule has 2 rings (SSSR count). The van der Waals surface area contributed by atoms with Crippen LogP contribution in [0.4, 0.5) is 0 Å². The SMILES string of the molecule is CCCNC(=O)CCN=C(NCCc1ccccn1)NC1CC1.I. The molecule has 1 fully saturated rings. The summed E-state index contributed by atoms with van der Waals surface area (Å²) in [7, 11) is 0. The number of hydrogen-bond donors (Lipinski definition) is 3. The second-order valence-corrected chi connectivity index (χ2v) is 5.75. The number of carbonyl (C=O) groups excluding carboxylic acids is 1. The quantitative estimate of drug-likeness (QED) is 0.308. The number of halogens is 1. The minimum Gasteiger partial charge on any atom is -0.356 e. The minimum atomic E-state index is 0. The first-order valence-corrected chi connectivity index (χ1v) is 8.49. The molecule has 1 aliphatic rings. The van der Waals surface area contributed by atoms with E-state index in [0.29, 0.717) is 19.0 Å². The van der Waals surface area contributed by atoms with E-state index in [1.807, 2.05) is 31.3 Å². The van der Waals surface area contributed by atoms with E-state index in [1.54, 1.807) is 0 Å². The molecule has 0 atom stereocenters. The molecule has 0 bridgehead atoms. The molecule has 1 amide bonds. The molecule has 7 heteroatoms. The summed E-state index contributed by atoms with van der Waals surface area (Å²) < 4.78 is 0. The first-order valence-electron chi connectivity index (χ1n) is 8.49. The zero-order valence-corrected chi connectivity index (χ0v) is 16.6. The summed E-state index contributed by atoms with van der Waals surface area (Å²) in [5, 5.41) is 9.57. The van der Waals surface area contributed by atoms with Crippen LogP contribution in [0.3, 0.4) is 0 Å². The maximum atomic E-state index is 11.6. The third-order valence-electron chi connectivity index (χ3n) is 3.50. The van der Waals surface area contributed by atoms with Crippen LogP contribution in [0, 0.1) is 0 Å². The Morgan fingerprint density at radius 2 is 2.12 bits per heavy atom. The summed E-state index contributed by atoms with van der Waals surface area (Å²) in [4.78, 5) is 20.4. The van der Waals surface area contributed by atoms with Crippen molar-refractivity contribution in [3.8, 4) is 0 Å². The predicted octanol–water partition coefficient (Wildman–Crippen LogP) is 1.86. The number of hydrogen-bond acceptors (Lipinski definition) is 3. The first-order chi connectivity index (χ1) is 11.3. The summed E-state index contributed by atoms with van der Waals surface area (Å²) in [6, 6.07) is 6.46. The van der Waals surface area contributed by atoms with Gasteiger partial charge in [-0.05, 0) is 31.4 Å². The zero-order chi connectivity index (χ0) is 16.3. The molecule has 1 heterocycles. The van der Waals surface area contributed by atoms with E-state index in [1.165, 1.54) is 12.8 Å². The smallest absolute Gasteiger partial charge is 0.221 e. The van der Waals surface area contributed by atoms with Crippen LogP contribution in [0.25, 0.3) is 0 Å². The molecule has 134 valence electrons. The molecule has 1 aliphatic carbocycles. The standard InChI is InChI=1S/C17H27N5O.HI/c1-2-10-19-16(23)9-13-21-17(22-15-6-7-15)20-12-8-14-5-3-4-11-18-14;/h3-5,11,15H,2,6-10,12-13H2,1H3,(H,19,23)(H2,20,21,22);1H. The van der Waals surface area contributed by atoms with Crippen LogP contribution >= 0.6 is 24.0 Å². The molecule has 1 aromatic rings. The molecule has 24 heavy (non-hydrogen) atoms. The van der Waals surface area contributed by atoms with Crippen molar-refractivity contribution < 1.29 is 4.79 Å². The van der Waals surface area contributed by atoms with Crippen molar-refractivity contribution in [3.63, 3.8) is 0 Å². The summed E-state index contributed by atoms with van der Waals surface area (Å²) in [5.74, 6) is 0.863. The third-order valence-corrected chi connectivity index (χ3v) is 3.50. The number of guanidine groups is 1. The van der Waals surface area contributed by atoms with Crippen molar-refractivity contribution >= 4 is 35.8 Å².